The van der Waals surface area contributed by atoms with Gasteiger partial charge >= 0.3 is 0 Å². The molecule has 0 radical (unpaired) electrons. The van der Waals surface area contributed by atoms with Crippen LogP contribution in [0.1, 0.15) is 10.6 Å². The van der Waals surface area contributed by atoms with Crippen molar-refractivity contribution >= 4 is 5.78 Å². The highest BCUT2D eigenvalue weighted by Gasteiger charge is 2.01. The van der Waals surface area contributed by atoms with Gasteiger partial charge in [-0.2, -0.15) is 0 Å². The lowest BCUT2D eigenvalue weighted by Crippen LogP contribution is -1.89. The first kappa shape index (κ1) is 9.26. The number of carbonyl (C=O) groups is 1. The summed E-state index contributed by atoms with van der Waals surface area (Å²) in [5, 5.41) is 0. The minimum atomic E-state index is -0.140. The third-order valence-electron chi connectivity index (χ3n) is 1.37. The molecule has 0 atom stereocenters. The molecular weight excluding hydrogens is 164 g/mol. The molecule has 0 bridgehead atoms. The van der Waals surface area contributed by atoms with E-state index >= 15 is 0 Å². The first-order valence-electron chi connectivity index (χ1n) is 3.88. The van der Waals surface area contributed by atoms with Gasteiger partial charge in [0.25, 0.3) is 0 Å². The molecule has 2 heteroatoms. The molecule has 0 unspecified atom stereocenters. The van der Waals surface area contributed by atoms with Crippen molar-refractivity contribution in [3.8, 4) is 0 Å². The summed E-state index contributed by atoms with van der Waals surface area (Å²) >= 11 is 0. The fraction of sp³-hybridized carbons (Fsp3) is 0. The average molecular weight is 174 g/mol. The highest BCUT2D eigenvalue weighted by atomic mass is 16.3. The van der Waals surface area contributed by atoms with Gasteiger partial charge in [0.05, 0.1) is 6.26 Å². The van der Waals surface area contributed by atoms with E-state index in [0.29, 0.717) is 5.76 Å². The number of rotatable bonds is 4. The lowest BCUT2D eigenvalue weighted by atomic mass is 10.3. The Morgan fingerprint density at radius 2 is 2.23 bits per heavy atom. The molecule has 0 fully saturated rings. The molecule has 0 aliphatic carbocycles. The molecule has 0 aliphatic rings. The Kier molecular flexibility index (Phi) is 3.51. The van der Waals surface area contributed by atoms with E-state index in [-0.39, 0.29) is 5.78 Å². The molecule has 1 aromatic heterocycles. The minimum absolute atomic E-state index is 0.140. The predicted octanol–water partition coefficient (Wildman–Crippen LogP) is 2.76. The van der Waals surface area contributed by atoms with E-state index < -0.39 is 0 Å². The summed E-state index contributed by atoms with van der Waals surface area (Å²) in [6, 6.07) is 3.31. The molecule has 0 aliphatic heterocycles. The Morgan fingerprint density at radius 3 is 2.85 bits per heavy atom. The predicted molar refractivity (Wildman–Crippen MR) is 51.5 cm³/mol. The van der Waals surface area contributed by atoms with Crippen molar-refractivity contribution in [2.75, 3.05) is 0 Å². The Balaban J connectivity index is 2.56. The topological polar surface area (TPSA) is 30.2 Å². The molecule has 13 heavy (non-hydrogen) atoms. The molecule has 2 nitrogen and oxygen atoms in total. The monoisotopic (exact) mass is 174 g/mol. The molecule has 66 valence electrons. The normalized spacial score (nSPS) is 11.1. The molecule has 1 aromatic rings. The summed E-state index contributed by atoms with van der Waals surface area (Å²) in [5.41, 5.74) is 0. The van der Waals surface area contributed by atoms with Gasteiger partial charge in [-0.3, -0.25) is 4.79 Å². The molecule has 0 spiro atoms. The third kappa shape index (κ3) is 2.95. The molecule has 1 heterocycles. The Morgan fingerprint density at radius 1 is 1.38 bits per heavy atom. The molecule has 0 N–H and O–H groups in total. The van der Waals surface area contributed by atoms with Crippen LogP contribution in [0.25, 0.3) is 0 Å². The Hall–Kier alpha value is -1.83. The van der Waals surface area contributed by atoms with Gasteiger partial charge in [-0.25, -0.2) is 0 Å². The van der Waals surface area contributed by atoms with E-state index in [0.717, 1.165) is 0 Å². The number of furan rings is 1. The first-order chi connectivity index (χ1) is 6.34. The summed E-state index contributed by atoms with van der Waals surface area (Å²) in [7, 11) is 0. The number of hydrogen-bond donors (Lipinski definition) is 0. The molecule has 0 saturated carbocycles. The van der Waals surface area contributed by atoms with Crippen LogP contribution in [0, 0.1) is 0 Å². The van der Waals surface area contributed by atoms with Gasteiger partial charge in [-0.05, 0) is 18.2 Å². The third-order valence-corrected chi connectivity index (χ3v) is 1.37. The zero-order chi connectivity index (χ0) is 9.52. The maximum Gasteiger partial charge on any atom is 0.220 e. The molecular formula is C11H10O2. The van der Waals surface area contributed by atoms with E-state index in [2.05, 4.69) is 6.58 Å². The average Bonchev–Trinajstić information content (AvgIpc) is 2.65. The zero-order valence-corrected chi connectivity index (χ0v) is 7.14. The smallest absolute Gasteiger partial charge is 0.220 e. The maximum absolute atomic E-state index is 11.2. The fourth-order valence-corrected chi connectivity index (χ4v) is 0.787. The van der Waals surface area contributed by atoms with Crippen molar-refractivity contribution in [3.05, 3.63) is 61.1 Å². The van der Waals surface area contributed by atoms with Crippen LogP contribution in [0.2, 0.25) is 0 Å². The van der Waals surface area contributed by atoms with Crippen molar-refractivity contribution in [2.45, 2.75) is 0 Å². The van der Waals surface area contributed by atoms with E-state index in [1.165, 1.54) is 12.3 Å². The van der Waals surface area contributed by atoms with Crippen molar-refractivity contribution in [1.82, 2.24) is 0 Å². The molecule has 0 aromatic carbocycles. The summed E-state index contributed by atoms with van der Waals surface area (Å²) < 4.78 is 4.91. The van der Waals surface area contributed by atoms with Gasteiger partial charge in [-0.15, -0.1) is 0 Å². The van der Waals surface area contributed by atoms with Crippen LogP contribution in [0.15, 0.2) is 59.8 Å². The summed E-state index contributed by atoms with van der Waals surface area (Å²) in [4.78, 5) is 11.2. The van der Waals surface area contributed by atoms with Gasteiger partial charge in [-0.1, -0.05) is 30.9 Å². The van der Waals surface area contributed by atoms with Crippen LogP contribution in [0.4, 0.5) is 0 Å². The van der Waals surface area contributed by atoms with Crippen molar-refractivity contribution in [2.24, 2.45) is 0 Å². The second-order valence-electron chi connectivity index (χ2n) is 2.32. The number of hydrogen-bond acceptors (Lipinski definition) is 2. The number of carbonyl (C=O) groups excluding carboxylic acids is 1. The van der Waals surface area contributed by atoms with E-state index in [9.17, 15) is 4.79 Å². The molecule has 1 rings (SSSR count). The SMILES string of the molecule is C=C/C=C/C=C/C(=O)c1ccco1. The largest absolute Gasteiger partial charge is 0.461 e. The van der Waals surface area contributed by atoms with Gasteiger partial charge < -0.3 is 4.42 Å². The van der Waals surface area contributed by atoms with Crippen LogP contribution >= 0.6 is 0 Å². The van der Waals surface area contributed by atoms with Crippen LogP contribution in [0.5, 0.6) is 0 Å². The van der Waals surface area contributed by atoms with Crippen molar-refractivity contribution in [1.29, 1.82) is 0 Å². The summed E-state index contributed by atoms with van der Waals surface area (Å²) in [6.07, 6.45) is 9.67. The zero-order valence-electron chi connectivity index (χ0n) is 7.14. The second-order valence-corrected chi connectivity index (χ2v) is 2.32. The number of allylic oxidation sites excluding steroid dienone is 5. The highest BCUT2D eigenvalue weighted by Crippen LogP contribution is 2.01. The minimum Gasteiger partial charge on any atom is -0.461 e. The lowest BCUT2D eigenvalue weighted by Gasteiger charge is -1.84. The first-order valence-corrected chi connectivity index (χ1v) is 3.88. The van der Waals surface area contributed by atoms with Crippen LogP contribution < -0.4 is 0 Å². The maximum atomic E-state index is 11.2. The van der Waals surface area contributed by atoms with E-state index in [1.54, 1.807) is 36.4 Å². The highest BCUT2D eigenvalue weighted by molar-refractivity contribution is 6.02. The van der Waals surface area contributed by atoms with Gasteiger partial charge in [0.2, 0.25) is 5.78 Å². The number of ketones is 1. The van der Waals surface area contributed by atoms with Crippen LogP contribution in [-0.4, -0.2) is 5.78 Å². The Labute approximate surface area is 76.9 Å². The van der Waals surface area contributed by atoms with E-state index in [4.69, 9.17) is 4.42 Å². The van der Waals surface area contributed by atoms with Crippen LogP contribution in [0.3, 0.4) is 0 Å². The lowest BCUT2D eigenvalue weighted by molar-refractivity contribution is 0.102. The summed E-state index contributed by atoms with van der Waals surface area (Å²) in [6.45, 7) is 3.50. The van der Waals surface area contributed by atoms with Gasteiger partial charge in [0.15, 0.2) is 5.76 Å². The van der Waals surface area contributed by atoms with Crippen LogP contribution in [-0.2, 0) is 0 Å². The quantitative estimate of drug-likeness (QED) is 0.399. The molecule has 0 saturated heterocycles. The second kappa shape index (κ2) is 4.93. The van der Waals surface area contributed by atoms with Crippen molar-refractivity contribution in [3.63, 3.8) is 0 Å². The standard InChI is InChI=1S/C11H10O2/c1-2-3-4-5-7-10(12)11-8-6-9-13-11/h2-9H,1H2/b4-3+,7-5+. The van der Waals surface area contributed by atoms with Crippen molar-refractivity contribution < 1.29 is 9.21 Å². The molecule has 0 amide bonds. The van der Waals surface area contributed by atoms with E-state index in [1.807, 2.05) is 0 Å². The summed E-state index contributed by atoms with van der Waals surface area (Å²) in [5.74, 6) is 0.210. The van der Waals surface area contributed by atoms with Gasteiger partial charge in [0.1, 0.15) is 0 Å². The Bertz CT molecular complexity index is 329. The van der Waals surface area contributed by atoms with Gasteiger partial charge in [0, 0.05) is 0 Å². The fourth-order valence-electron chi connectivity index (χ4n) is 0.787.